The maximum atomic E-state index is 13.0. The van der Waals surface area contributed by atoms with Crippen LogP contribution in [0.4, 0.5) is 9.18 Å². The third-order valence-electron chi connectivity index (χ3n) is 4.06. The second-order valence-electron chi connectivity index (χ2n) is 7.10. The number of piperazine rings is 1. The van der Waals surface area contributed by atoms with E-state index in [1.807, 2.05) is 20.8 Å². The summed E-state index contributed by atoms with van der Waals surface area (Å²) >= 11 is 0. The van der Waals surface area contributed by atoms with Gasteiger partial charge in [0.05, 0.1) is 0 Å². The lowest BCUT2D eigenvalue weighted by atomic mass is 10.1. The van der Waals surface area contributed by atoms with Crippen molar-refractivity contribution >= 4 is 6.09 Å². The molecule has 0 aliphatic carbocycles. The Kier molecular flexibility index (Phi) is 5.24. The van der Waals surface area contributed by atoms with E-state index in [-0.39, 0.29) is 18.2 Å². The molecule has 0 saturated carbocycles. The summed E-state index contributed by atoms with van der Waals surface area (Å²) in [7, 11) is 0. The highest BCUT2D eigenvalue weighted by atomic mass is 19.1. The molecule has 1 aromatic rings. The number of rotatable bonds is 2. The molecular formula is C17H26FN3O2. The average Bonchev–Trinajstić information content (AvgIpc) is 2.45. The number of halogens is 1. The van der Waals surface area contributed by atoms with Gasteiger partial charge in [-0.15, -0.1) is 0 Å². The molecule has 6 heteroatoms. The van der Waals surface area contributed by atoms with E-state index in [1.54, 1.807) is 17.2 Å². The van der Waals surface area contributed by atoms with E-state index >= 15 is 0 Å². The first-order valence-electron chi connectivity index (χ1n) is 8.02. The Morgan fingerprint density at radius 1 is 1.39 bits per heavy atom. The topological polar surface area (TPSA) is 45.7 Å². The van der Waals surface area contributed by atoms with Crippen LogP contribution < -0.4 is 0 Å². The molecule has 1 aliphatic heterocycles. The Morgan fingerprint density at radius 2 is 2.09 bits per heavy atom. The summed E-state index contributed by atoms with van der Waals surface area (Å²) in [4.78, 5) is 20.0. The fourth-order valence-corrected chi connectivity index (χ4v) is 2.87. The molecule has 128 valence electrons. The second-order valence-corrected chi connectivity index (χ2v) is 7.10. The molecule has 23 heavy (non-hydrogen) atoms. The van der Waals surface area contributed by atoms with Crippen LogP contribution in [0.3, 0.4) is 0 Å². The van der Waals surface area contributed by atoms with Crippen molar-refractivity contribution in [2.45, 2.75) is 52.3 Å². The maximum absolute atomic E-state index is 13.0. The van der Waals surface area contributed by atoms with E-state index in [1.165, 1.54) is 6.07 Å². The smallest absolute Gasteiger partial charge is 0.410 e. The highest BCUT2D eigenvalue weighted by Gasteiger charge is 2.32. The van der Waals surface area contributed by atoms with Gasteiger partial charge in [0.1, 0.15) is 5.60 Å². The van der Waals surface area contributed by atoms with Crippen molar-refractivity contribution in [1.29, 1.82) is 0 Å². The first-order valence-corrected chi connectivity index (χ1v) is 8.02. The molecule has 0 spiro atoms. The molecule has 2 rings (SSSR count). The zero-order chi connectivity index (χ0) is 17.2. The van der Waals surface area contributed by atoms with Crippen molar-refractivity contribution in [2.24, 2.45) is 0 Å². The first kappa shape index (κ1) is 17.7. The molecule has 0 N–H and O–H groups in total. The monoisotopic (exact) mass is 323 g/mol. The van der Waals surface area contributed by atoms with Gasteiger partial charge in [-0.05, 0) is 46.2 Å². The molecule has 2 atom stereocenters. The van der Waals surface area contributed by atoms with Crippen LogP contribution in [0.25, 0.3) is 0 Å². The van der Waals surface area contributed by atoms with Crippen molar-refractivity contribution in [1.82, 2.24) is 14.8 Å². The van der Waals surface area contributed by atoms with Crippen LogP contribution in [0.15, 0.2) is 18.3 Å². The molecular weight excluding hydrogens is 297 g/mol. The summed E-state index contributed by atoms with van der Waals surface area (Å²) in [5.74, 6) is -0.469. The highest BCUT2D eigenvalue weighted by Crippen LogP contribution is 2.25. The highest BCUT2D eigenvalue weighted by molar-refractivity contribution is 5.68. The maximum Gasteiger partial charge on any atom is 0.410 e. The third kappa shape index (κ3) is 4.64. The molecule has 0 bridgehead atoms. The molecule has 1 fully saturated rings. The molecule has 1 saturated heterocycles. The number of nitrogens with zero attached hydrogens (tertiary/aromatic N) is 3. The number of carbonyl (C=O) groups is 1. The van der Waals surface area contributed by atoms with Gasteiger partial charge < -0.3 is 9.64 Å². The number of carbonyl (C=O) groups excluding carboxylic acids is 1. The Balaban J connectivity index is 1.98. The number of hydrogen-bond acceptors (Lipinski definition) is 4. The summed E-state index contributed by atoms with van der Waals surface area (Å²) in [6, 6.07) is 3.46. The van der Waals surface area contributed by atoms with Gasteiger partial charge in [-0.3, -0.25) is 4.90 Å². The zero-order valence-corrected chi connectivity index (χ0v) is 14.5. The lowest BCUT2D eigenvalue weighted by Gasteiger charge is -2.43. The van der Waals surface area contributed by atoms with Gasteiger partial charge in [0, 0.05) is 37.9 Å². The van der Waals surface area contributed by atoms with E-state index in [9.17, 15) is 9.18 Å². The predicted molar refractivity (Wildman–Crippen MR) is 86.6 cm³/mol. The van der Waals surface area contributed by atoms with Gasteiger partial charge in [-0.25, -0.2) is 9.78 Å². The quantitative estimate of drug-likeness (QED) is 0.784. The molecule has 1 aliphatic rings. The zero-order valence-electron chi connectivity index (χ0n) is 14.5. The Labute approximate surface area is 137 Å². The molecule has 2 heterocycles. The minimum atomic E-state index is -0.482. The van der Waals surface area contributed by atoms with E-state index in [4.69, 9.17) is 4.74 Å². The fourth-order valence-electron chi connectivity index (χ4n) is 2.87. The van der Waals surface area contributed by atoms with E-state index in [2.05, 4.69) is 23.7 Å². The second kappa shape index (κ2) is 6.83. The summed E-state index contributed by atoms with van der Waals surface area (Å²) in [5.41, 5.74) is 0.494. The lowest BCUT2D eigenvalue weighted by molar-refractivity contribution is -0.000751. The van der Waals surface area contributed by atoms with Crippen LogP contribution in [0.5, 0.6) is 0 Å². The largest absolute Gasteiger partial charge is 0.444 e. The molecule has 0 radical (unpaired) electrons. The van der Waals surface area contributed by atoms with E-state index < -0.39 is 11.5 Å². The van der Waals surface area contributed by atoms with Crippen LogP contribution >= 0.6 is 0 Å². The molecule has 1 amide bonds. The van der Waals surface area contributed by atoms with Gasteiger partial charge in [0.15, 0.2) is 0 Å². The third-order valence-corrected chi connectivity index (χ3v) is 4.06. The number of aromatic nitrogens is 1. The summed E-state index contributed by atoms with van der Waals surface area (Å²) in [5, 5.41) is 0. The molecule has 1 aromatic heterocycles. The van der Waals surface area contributed by atoms with Crippen LogP contribution in [0.1, 0.15) is 46.2 Å². The van der Waals surface area contributed by atoms with Gasteiger partial charge in [-0.2, -0.15) is 4.39 Å². The molecule has 0 aromatic carbocycles. The average molecular weight is 323 g/mol. The van der Waals surface area contributed by atoms with E-state index in [0.717, 1.165) is 12.1 Å². The van der Waals surface area contributed by atoms with E-state index in [0.29, 0.717) is 13.1 Å². The molecule has 5 nitrogen and oxygen atoms in total. The standard InChI is InChI=1S/C17H26FN3O2/c1-12-11-20(16(22)23-17(3,4)5)8-9-21(12)13(2)14-6-7-15(18)19-10-14/h6-7,10,12-13H,8-9,11H2,1-5H3/t12-,13?/m1/s1. The summed E-state index contributed by atoms with van der Waals surface area (Å²) < 4.78 is 18.4. The Bertz CT molecular complexity index is 542. The lowest BCUT2D eigenvalue weighted by Crippen LogP contribution is -2.54. The molecule has 1 unspecified atom stereocenters. The van der Waals surface area contributed by atoms with Gasteiger partial charge in [0.2, 0.25) is 5.95 Å². The fraction of sp³-hybridized carbons (Fsp3) is 0.647. The van der Waals surface area contributed by atoms with Gasteiger partial charge in [0.25, 0.3) is 0 Å². The number of ether oxygens (including phenoxy) is 1. The van der Waals surface area contributed by atoms with Crippen LogP contribution in [-0.4, -0.2) is 52.2 Å². The van der Waals surface area contributed by atoms with Crippen LogP contribution in [0.2, 0.25) is 0 Å². The van der Waals surface area contributed by atoms with Crippen LogP contribution in [0, 0.1) is 5.95 Å². The number of amides is 1. The summed E-state index contributed by atoms with van der Waals surface area (Å²) in [6.07, 6.45) is 1.31. The normalized spacial score (nSPS) is 21.1. The van der Waals surface area contributed by atoms with Gasteiger partial charge >= 0.3 is 6.09 Å². The van der Waals surface area contributed by atoms with Crippen molar-refractivity contribution in [2.75, 3.05) is 19.6 Å². The minimum absolute atomic E-state index is 0.124. The Hall–Kier alpha value is -1.69. The number of hydrogen-bond donors (Lipinski definition) is 0. The van der Waals surface area contributed by atoms with Crippen LogP contribution in [-0.2, 0) is 4.74 Å². The SMILES string of the molecule is CC(c1ccc(F)nc1)N1CCN(C(=O)OC(C)(C)C)C[C@H]1C. The number of pyridine rings is 1. The first-order chi connectivity index (χ1) is 10.7. The Morgan fingerprint density at radius 3 is 2.61 bits per heavy atom. The predicted octanol–water partition coefficient (Wildman–Crippen LogP) is 3.22. The van der Waals surface area contributed by atoms with Crippen molar-refractivity contribution in [3.63, 3.8) is 0 Å². The van der Waals surface area contributed by atoms with Gasteiger partial charge in [-0.1, -0.05) is 6.07 Å². The summed E-state index contributed by atoms with van der Waals surface area (Å²) in [6.45, 7) is 11.8. The van der Waals surface area contributed by atoms with Crippen molar-refractivity contribution in [3.8, 4) is 0 Å². The van der Waals surface area contributed by atoms with Crippen molar-refractivity contribution in [3.05, 3.63) is 29.8 Å². The van der Waals surface area contributed by atoms with Crippen molar-refractivity contribution < 1.29 is 13.9 Å². The minimum Gasteiger partial charge on any atom is -0.444 e.